The van der Waals surface area contributed by atoms with Gasteiger partial charge in [0.05, 0.1) is 30.3 Å². The molecule has 6 nitrogen and oxygen atoms in total. The number of nitrogens with zero attached hydrogens (tertiary/aromatic N) is 2. The smallest absolute Gasteiger partial charge is 0.310 e. The highest BCUT2D eigenvalue weighted by Gasteiger charge is 2.31. The number of benzene rings is 1. The Morgan fingerprint density at radius 2 is 2.00 bits per heavy atom. The summed E-state index contributed by atoms with van der Waals surface area (Å²) in [5.74, 6) is 0.120. The number of carbonyl (C=O) groups is 1. The standard InChI is InChI=1S/C20H23N3O3S/c1-11(2)26-17(25)9-14-5-7-15(8-6-14)23-10-16(24)18(19(23)21)20-22-12(3)13(4)27-20/h5-8,11,21,24H,9-10H2,1-4H3. The van der Waals surface area contributed by atoms with Crippen LogP contribution in [0.25, 0.3) is 5.57 Å². The van der Waals surface area contributed by atoms with Crippen molar-refractivity contribution in [3.05, 3.63) is 51.2 Å². The summed E-state index contributed by atoms with van der Waals surface area (Å²) in [6.07, 6.45) is 0.0787. The van der Waals surface area contributed by atoms with Crippen LogP contribution in [0.1, 0.15) is 35.0 Å². The van der Waals surface area contributed by atoms with E-state index >= 15 is 0 Å². The third-order valence-corrected chi connectivity index (χ3v) is 5.40. The zero-order valence-electron chi connectivity index (χ0n) is 15.9. The van der Waals surface area contributed by atoms with Gasteiger partial charge in [-0.3, -0.25) is 10.2 Å². The SMILES string of the molecule is Cc1nc(C2=C(O)CN(c3ccc(CC(=O)OC(C)C)cc3)C2=N)sc1C. The third kappa shape index (κ3) is 4.03. The summed E-state index contributed by atoms with van der Waals surface area (Å²) in [4.78, 5) is 19.1. The van der Waals surface area contributed by atoms with Gasteiger partial charge in [0.25, 0.3) is 0 Å². The maximum atomic E-state index is 11.8. The minimum absolute atomic E-state index is 0.132. The highest BCUT2D eigenvalue weighted by atomic mass is 32.1. The van der Waals surface area contributed by atoms with Crippen molar-refractivity contribution in [1.82, 2.24) is 4.98 Å². The number of aryl methyl sites for hydroxylation is 2. The summed E-state index contributed by atoms with van der Waals surface area (Å²) in [5.41, 5.74) is 3.03. The first kappa shape index (κ1) is 19.1. The van der Waals surface area contributed by atoms with Crippen LogP contribution < -0.4 is 4.90 Å². The summed E-state index contributed by atoms with van der Waals surface area (Å²) < 4.78 is 5.16. The predicted octanol–water partition coefficient (Wildman–Crippen LogP) is 4.02. The Morgan fingerprint density at radius 1 is 1.33 bits per heavy atom. The molecule has 0 aliphatic carbocycles. The second-order valence-corrected chi connectivity index (χ2v) is 8.00. The van der Waals surface area contributed by atoms with Crippen LogP contribution in [-0.2, 0) is 16.0 Å². The van der Waals surface area contributed by atoms with Gasteiger partial charge in [0, 0.05) is 10.6 Å². The Labute approximate surface area is 162 Å². The van der Waals surface area contributed by atoms with Gasteiger partial charge in [0.1, 0.15) is 16.6 Å². The second-order valence-electron chi connectivity index (χ2n) is 6.80. The fourth-order valence-electron chi connectivity index (χ4n) is 2.87. The number of aromatic nitrogens is 1. The molecule has 3 rings (SSSR count). The first-order chi connectivity index (χ1) is 12.8. The number of nitrogens with one attached hydrogen (secondary N) is 1. The summed E-state index contributed by atoms with van der Waals surface area (Å²) in [7, 11) is 0. The fraction of sp³-hybridized carbons (Fsp3) is 0.350. The molecular weight excluding hydrogens is 362 g/mol. The molecule has 0 atom stereocenters. The first-order valence-corrected chi connectivity index (χ1v) is 9.59. The zero-order chi connectivity index (χ0) is 19.7. The quantitative estimate of drug-likeness (QED) is 0.759. The number of rotatable bonds is 5. The molecule has 2 N–H and O–H groups in total. The number of hydrogen-bond donors (Lipinski definition) is 2. The Kier molecular flexibility index (Phi) is 5.32. The van der Waals surface area contributed by atoms with Gasteiger partial charge in [0.2, 0.25) is 0 Å². The molecule has 0 saturated heterocycles. The molecule has 1 aliphatic heterocycles. The first-order valence-electron chi connectivity index (χ1n) is 8.77. The van der Waals surface area contributed by atoms with Crippen LogP contribution in [0.5, 0.6) is 0 Å². The van der Waals surface area contributed by atoms with Crippen LogP contribution in [0.15, 0.2) is 30.0 Å². The Bertz CT molecular complexity index is 894. The fourth-order valence-corrected chi connectivity index (χ4v) is 3.85. The van der Waals surface area contributed by atoms with Crippen LogP contribution in [0, 0.1) is 19.3 Å². The predicted molar refractivity (Wildman–Crippen MR) is 108 cm³/mol. The Morgan fingerprint density at radius 3 is 2.56 bits per heavy atom. The molecular formula is C20H23N3O3S. The Balaban J connectivity index is 1.75. The number of thiazole rings is 1. The van der Waals surface area contributed by atoms with Gasteiger partial charge in [0.15, 0.2) is 0 Å². The molecule has 0 amide bonds. The third-order valence-electron chi connectivity index (χ3n) is 4.31. The van der Waals surface area contributed by atoms with Crippen molar-refractivity contribution in [2.24, 2.45) is 0 Å². The molecule has 0 saturated carbocycles. The lowest BCUT2D eigenvalue weighted by Gasteiger charge is -2.19. The van der Waals surface area contributed by atoms with Crippen LogP contribution in [0.4, 0.5) is 5.69 Å². The topological polar surface area (TPSA) is 86.5 Å². The molecule has 2 aromatic rings. The molecule has 7 heteroatoms. The lowest BCUT2D eigenvalue weighted by molar-refractivity contribution is -0.146. The average molecular weight is 385 g/mol. The number of anilines is 1. The van der Waals surface area contributed by atoms with E-state index in [4.69, 9.17) is 10.1 Å². The van der Waals surface area contributed by atoms with E-state index in [1.165, 1.54) is 11.3 Å². The van der Waals surface area contributed by atoms with Crippen LogP contribution in [-0.4, -0.2) is 34.5 Å². The van der Waals surface area contributed by atoms with E-state index in [-0.39, 0.29) is 36.6 Å². The molecule has 0 fully saturated rings. The van der Waals surface area contributed by atoms with Crippen molar-refractivity contribution in [2.75, 3.05) is 11.4 Å². The minimum atomic E-state index is -0.261. The highest BCUT2D eigenvalue weighted by molar-refractivity contribution is 7.13. The minimum Gasteiger partial charge on any atom is -0.510 e. The van der Waals surface area contributed by atoms with E-state index < -0.39 is 0 Å². The molecule has 1 aromatic heterocycles. The van der Waals surface area contributed by atoms with Crippen molar-refractivity contribution in [3.8, 4) is 0 Å². The number of hydrogen-bond acceptors (Lipinski definition) is 6. The number of aliphatic hydroxyl groups excluding tert-OH is 1. The zero-order valence-corrected chi connectivity index (χ0v) is 16.7. The summed E-state index contributed by atoms with van der Waals surface area (Å²) >= 11 is 1.48. The van der Waals surface area contributed by atoms with Gasteiger partial charge < -0.3 is 14.7 Å². The van der Waals surface area contributed by atoms with E-state index in [9.17, 15) is 9.90 Å². The van der Waals surface area contributed by atoms with Crippen LogP contribution >= 0.6 is 11.3 Å². The maximum Gasteiger partial charge on any atom is 0.310 e. The van der Waals surface area contributed by atoms with Gasteiger partial charge in [-0.2, -0.15) is 0 Å². The summed E-state index contributed by atoms with van der Waals surface area (Å²) in [6.45, 7) is 7.78. The van der Waals surface area contributed by atoms with Gasteiger partial charge in [-0.15, -0.1) is 11.3 Å². The maximum absolute atomic E-state index is 11.8. The molecule has 0 unspecified atom stereocenters. The highest BCUT2D eigenvalue weighted by Crippen LogP contribution is 2.34. The Hall–Kier alpha value is -2.67. The molecule has 2 heterocycles. The van der Waals surface area contributed by atoms with E-state index in [0.29, 0.717) is 10.6 Å². The number of ether oxygens (including phenoxy) is 1. The van der Waals surface area contributed by atoms with Gasteiger partial charge in [-0.1, -0.05) is 12.1 Å². The lowest BCUT2D eigenvalue weighted by Crippen LogP contribution is -2.26. The van der Waals surface area contributed by atoms with E-state index in [1.807, 2.05) is 52.0 Å². The molecule has 27 heavy (non-hydrogen) atoms. The normalized spacial score (nSPS) is 14.4. The van der Waals surface area contributed by atoms with Crippen molar-refractivity contribution >= 4 is 34.4 Å². The molecule has 1 aromatic carbocycles. The molecule has 142 valence electrons. The summed E-state index contributed by atoms with van der Waals surface area (Å²) in [5, 5.41) is 19.6. The largest absolute Gasteiger partial charge is 0.510 e. The lowest BCUT2D eigenvalue weighted by atomic mass is 10.1. The van der Waals surface area contributed by atoms with Crippen molar-refractivity contribution in [2.45, 2.75) is 40.2 Å². The average Bonchev–Trinajstić information content (AvgIpc) is 3.06. The summed E-state index contributed by atoms with van der Waals surface area (Å²) in [6, 6.07) is 7.38. The number of carbonyl (C=O) groups excluding carboxylic acids is 1. The second kappa shape index (κ2) is 7.52. The molecule has 0 spiro atoms. The molecule has 0 radical (unpaired) electrons. The van der Waals surface area contributed by atoms with Crippen molar-refractivity contribution in [3.63, 3.8) is 0 Å². The number of esters is 1. The molecule has 0 bridgehead atoms. The van der Waals surface area contributed by atoms with Gasteiger partial charge in [-0.05, 0) is 45.4 Å². The van der Waals surface area contributed by atoms with Gasteiger partial charge in [-0.25, -0.2) is 4.98 Å². The van der Waals surface area contributed by atoms with Gasteiger partial charge >= 0.3 is 5.97 Å². The van der Waals surface area contributed by atoms with E-state index in [2.05, 4.69) is 4.98 Å². The van der Waals surface area contributed by atoms with E-state index in [0.717, 1.165) is 21.8 Å². The monoisotopic (exact) mass is 385 g/mol. The van der Waals surface area contributed by atoms with Crippen LogP contribution in [0.2, 0.25) is 0 Å². The number of aliphatic hydroxyl groups is 1. The number of amidine groups is 1. The van der Waals surface area contributed by atoms with Crippen molar-refractivity contribution < 1.29 is 14.6 Å². The van der Waals surface area contributed by atoms with Crippen LogP contribution in [0.3, 0.4) is 0 Å². The van der Waals surface area contributed by atoms with Crippen molar-refractivity contribution in [1.29, 1.82) is 5.41 Å². The molecule has 1 aliphatic rings. The van der Waals surface area contributed by atoms with E-state index in [1.54, 1.807) is 4.90 Å².